The number of carbonyl (C=O) groups excluding carboxylic acids is 1. The van der Waals surface area contributed by atoms with Gasteiger partial charge in [0.25, 0.3) is 0 Å². The molecule has 1 aromatic heterocycles. The number of likely N-dealkylation sites (N-methyl/N-ethyl adjacent to an activating group) is 1. The molecule has 34 heavy (non-hydrogen) atoms. The highest BCUT2D eigenvalue weighted by atomic mass is 16.5. The standard InChI is InChI=1S/C28H30N4O2/c1-31(20-27(33)29-17-23-13-9-10-14-24(23)21-34-2)18-25-19-32(26-15-7-4-8-16-26)30-28(25)22-11-5-3-6-12-22/h3-16,19H,17-18,20-21H2,1-2H3,(H,29,33). The molecular weight excluding hydrogens is 424 g/mol. The van der Waals surface area contributed by atoms with E-state index < -0.39 is 0 Å². The molecule has 0 aliphatic rings. The molecule has 0 aliphatic heterocycles. The van der Waals surface area contributed by atoms with Crippen molar-refractivity contribution in [3.8, 4) is 16.9 Å². The Hall–Kier alpha value is -3.74. The van der Waals surface area contributed by atoms with Crippen molar-refractivity contribution in [2.75, 3.05) is 20.7 Å². The van der Waals surface area contributed by atoms with Crippen LogP contribution >= 0.6 is 0 Å². The van der Waals surface area contributed by atoms with Crippen LogP contribution in [0.25, 0.3) is 16.9 Å². The summed E-state index contributed by atoms with van der Waals surface area (Å²) in [5.41, 5.74) is 6.19. The molecular formula is C28H30N4O2. The molecule has 6 nitrogen and oxygen atoms in total. The first-order valence-electron chi connectivity index (χ1n) is 11.3. The number of para-hydroxylation sites is 1. The van der Waals surface area contributed by atoms with E-state index in [1.54, 1.807) is 7.11 Å². The van der Waals surface area contributed by atoms with Gasteiger partial charge in [0.1, 0.15) is 0 Å². The number of nitrogens with one attached hydrogen (secondary N) is 1. The molecule has 0 fully saturated rings. The van der Waals surface area contributed by atoms with Crippen LogP contribution in [0.3, 0.4) is 0 Å². The summed E-state index contributed by atoms with van der Waals surface area (Å²) in [5.74, 6) is -0.0218. The minimum Gasteiger partial charge on any atom is -0.380 e. The highest BCUT2D eigenvalue weighted by Crippen LogP contribution is 2.24. The van der Waals surface area contributed by atoms with Crippen LogP contribution in [0, 0.1) is 0 Å². The van der Waals surface area contributed by atoms with Crippen molar-refractivity contribution in [1.82, 2.24) is 20.0 Å². The van der Waals surface area contributed by atoms with Gasteiger partial charge in [-0.3, -0.25) is 9.69 Å². The largest absolute Gasteiger partial charge is 0.380 e. The molecule has 4 rings (SSSR count). The molecule has 0 unspecified atom stereocenters. The van der Waals surface area contributed by atoms with E-state index >= 15 is 0 Å². The quantitative estimate of drug-likeness (QED) is 0.385. The van der Waals surface area contributed by atoms with E-state index in [0.29, 0.717) is 19.7 Å². The Labute approximate surface area is 200 Å². The van der Waals surface area contributed by atoms with Gasteiger partial charge < -0.3 is 10.1 Å². The molecule has 0 aliphatic carbocycles. The molecule has 0 saturated heterocycles. The smallest absolute Gasteiger partial charge is 0.234 e. The third kappa shape index (κ3) is 5.98. The second-order valence-electron chi connectivity index (χ2n) is 8.30. The third-order valence-corrected chi connectivity index (χ3v) is 5.61. The van der Waals surface area contributed by atoms with E-state index in [0.717, 1.165) is 33.6 Å². The molecule has 6 heteroatoms. The first-order valence-corrected chi connectivity index (χ1v) is 11.3. The van der Waals surface area contributed by atoms with E-state index in [4.69, 9.17) is 9.84 Å². The van der Waals surface area contributed by atoms with Gasteiger partial charge in [-0.15, -0.1) is 0 Å². The minimum atomic E-state index is -0.0218. The molecule has 0 bridgehead atoms. The fourth-order valence-electron chi connectivity index (χ4n) is 3.95. The molecule has 174 valence electrons. The summed E-state index contributed by atoms with van der Waals surface area (Å²) in [6, 6.07) is 28.2. The van der Waals surface area contributed by atoms with Crippen molar-refractivity contribution in [3.63, 3.8) is 0 Å². The molecule has 0 radical (unpaired) electrons. The van der Waals surface area contributed by atoms with Crippen LogP contribution in [0.4, 0.5) is 0 Å². The number of amides is 1. The Morgan fingerprint density at radius 3 is 2.26 bits per heavy atom. The maximum absolute atomic E-state index is 12.7. The lowest BCUT2D eigenvalue weighted by atomic mass is 10.1. The van der Waals surface area contributed by atoms with Gasteiger partial charge in [0, 0.05) is 37.5 Å². The number of hydrogen-bond donors (Lipinski definition) is 1. The highest BCUT2D eigenvalue weighted by Gasteiger charge is 2.15. The van der Waals surface area contributed by atoms with Crippen molar-refractivity contribution >= 4 is 5.91 Å². The summed E-state index contributed by atoms with van der Waals surface area (Å²) in [5, 5.41) is 7.90. The number of methoxy groups -OCH3 is 1. The summed E-state index contributed by atoms with van der Waals surface area (Å²) < 4.78 is 7.16. The van der Waals surface area contributed by atoms with Gasteiger partial charge in [-0.1, -0.05) is 72.8 Å². The molecule has 0 atom stereocenters. The van der Waals surface area contributed by atoms with Crippen LogP contribution in [-0.2, 0) is 29.2 Å². The Bertz CT molecular complexity index is 1210. The molecule has 0 saturated carbocycles. The van der Waals surface area contributed by atoms with Gasteiger partial charge in [-0.2, -0.15) is 5.10 Å². The summed E-state index contributed by atoms with van der Waals surface area (Å²) >= 11 is 0. The number of carbonyl (C=O) groups is 1. The normalized spacial score (nSPS) is 11.0. The van der Waals surface area contributed by atoms with Gasteiger partial charge in [0.05, 0.1) is 24.5 Å². The Balaban J connectivity index is 1.44. The monoisotopic (exact) mass is 454 g/mol. The van der Waals surface area contributed by atoms with Crippen LogP contribution < -0.4 is 5.32 Å². The van der Waals surface area contributed by atoms with Gasteiger partial charge in [-0.25, -0.2) is 4.68 Å². The topological polar surface area (TPSA) is 59.4 Å². The molecule has 3 aromatic carbocycles. The zero-order valence-corrected chi connectivity index (χ0v) is 19.6. The lowest BCUT2D eigenvalue weighted by molar-refractivity contribution is -0.122. The number of rotatable bonds is 10. The average molecular weight is 455 g/mol. The zero-order valence-electron chi connectivity index (χ0n) is 19.6. The Morgan fingerprint density at radius 2 is 1.56 bits per heavy atom. The predicted octanol–water partition coefficient (Wildman–Crippen LogP) is 4.43. The lowest BCUT2D eigenvalue weighted by Gasteiger charge is -2.17. The fourth-order valence-corrected chi connectivity index (χ4v) is 3.95. The Kier molecular flexibility index (Phi) is 7.86. The summed E-state index contributed by atoms with van der Waals surface area (Å²) in [7, 11) is 3.63. The van der Waals surface area contributed by atoms with E-state index in [1.165, 1.54) is 0 Å². The first kappa shape index (κ1) is 23.4. The number of ether oxygens (including phenoxy) is 1. The SMILES string of the molecule is COCc1ccccc1CNC(=O)CN(C)Cc1cn(-c2ccccc2)nc1-c1ccccc1. The van der Waals surface area contributed by atoms with Crippen molar-refractivity contribution in [2.24, 2.45) is 0 Å². The Morgan fingerprint density at radius 1 is 0.912 bits per heavy atom. The van der Waals surface area contributed by atoms with Crippen LogP contribution in [0.1, 0.15) is 16.7 Å². The maximum atomic E-state index is 12.7. The second-order valence-corrected chi connectivity index (χ2v) is 8.30. The summed E-state index contributed by atoms with van der Waals surface area (Å²) in [6.07, 6.45) is 2.05. The minimum absolute atomic E-state index is 0.0218. The van der Waals surface area contributed by atoms with E-state index in [-0.39, 0.29) is 12.5 Å². The maximum Gasteiger partial charge on any atom is 0.234 e. The van der Waals surface area contributed by atoms with Crippen LogP contribution in [0.5, 0.6) is 0 Å². The lowest BCUT2D eigenvalue weighted by Crippen LogP contribution is -2.34. The van der Waals surface area contributed by atoms with Crippen LogP contribution in [0.15, 0.2) is 91.1 Å². The summed E-state index contributed by atoms with van der Waals surface area (Å²) in [6.45, 7) is 1.90. The average Bonchev–Trinajstić information content (AvgIpc) is 3.28. The van der Waals surface area contributed by atoms with Gasteiger partial charge in [-0.05, 0) is 30.3 Å². The van der Waals surface area contributed by atoms with Crippen molar-refractivity contribution in [2.45, 2.75) is 19.7 Å². The third-order valence-electron chi connectivity index (χ3n) is 5.61. The first-order chi connectivity index (χ1) is 16.6. The number of nitrogens with zero attached hydrogens (tertiary/aromatic N) is 3. The van der Waals surface area contributed by atoms with E-state index in [2.05, 4.69) is 17.4 Å². The number of benzene rings is 3. The second kappa shape index (κ2) is 11.4. The van der Waals surface area contributed by atoms with Crippen LogP contribution in [0.2, 0.25) is 0 Å². The fraction of sp³-hybridized carbons (Fsp3) is 0.214. The molecule has 0 spiro atoms. The van der Waals surface area contributed by atoms with Crippen molar-refractivity contribution in [3.05, 3.63) is 108 Å². The van der Waals surface area contributed by atoms with Crippen LogP contribution in [-0.4, -0.2) is 41.3 Å². The highest BCUT2D eigenvalue weighted by molar-refractivity contribution is 5.78. The molecule has 1 amide bonds. The van der Waals surface area contributed by atoms with Crippen molar-refractivity contribution < 1.29 is 9.53 Å². The van der Waals surface area contributed by atoms with Gasteiger partial charge in [0.15, 0.2) is 0 Å². The predicted molar refractivity (Wildman–Crippen MR) is 134 cm³/mol. The zero-order chi connectivity index (χ0) is 23.8. The number of aromatic nitrogens is 2. The van der Waals surface area contributed by atoms with E-state index in [9.17, 15) is 4.79 Å². The van der Waals surface area contributed by atoms with Gasteiger partial charge >= 0.3 is 0 Å². The molecule has 1 N–H and O–H groups in total. The summed E-state index contributed by atoms with van der Waals surface area (Å²) in [4.78, 5) is 14.7. The van der Waals surface area contributed by atoms with Gasteiger partial charge in [0.2, 0.25) is 5.91 Å². The number of hydrogen-bond acceptors (Lipinski definition) is 4. The molecule has 4 aromatic rings. The van der Waals surface area contributed by atoms with Crippen molar-refractivity contribution in [1.29, 1.82) is 0 Å². The van der Waals surface area contributed by atoms with E-state index in [1.807, 2.05) is 95.6 Å². The molecule has 1 heterocycles.